The van der Waals surface area contributed by atoms with Crippen molar-refractivity contribution in [2.24, 2.45) is 7.05 Å². The molecule has 1 aromatic heterocycles. The van der Waals surface area contributed by atoms with Crippen molar-refractivity contribution in [1.29, 1.82) is 0 Å². The first-order valence-corrected chi connectivity index (χ1v) is 6.73. The van der Waals surface area contributed by atoms with Crippen LogP contribution in [0, 0.1) is 6.92 Å². The largest absolute Gasteiger partial charge is 0.309 e. The summed E-state index contributed by atoms with van der Waals surface area (Å²) in [6.07, 6.45) is 2.11. The van der Waals surface area contributed by atoms with Gasteiger partial charge in [0, 0.05) is 31.0 Å². The number of hydrogen-bond acceptors (Lipinski definition) is 3. The SMILES string of the molecule is CSCC(C)NCc1c(C)nn(C)c1Cl. The van der Waals surface area contributed by atoms with Gasteiger partial charge in [0.25, 0.3) is 0 Å². The van der Waals surface area contributed by atoms with E-state index in [4.69, 9.17) is 11.6 Å². The van der Waals surface area contributed by atoms with Crippen molar-refractivity contribution >= 4 is 23.4 Å². The average Bonchev–Trinajstić information content (AvgIpc) is 2.40. The number of aromatic nitrogens is 2. The Hall–Kier alpha value is -0.190. The summed E-state index contributed by atoms with van der Waals surface area (Å²) in [6.45, 7) is 4.96. The third-order valence-corrected chi connectivity index (χ3v) is 3.62. The predicted molar refractivity (Wildman–Crippen MR) is 67.6 cm³/mol. The number of rotatable bonds is 5. The van der Waals surface area contributed by atoms with E-state index < -0.39 is 0 Å². The van der Waals surface area contributed by atoms with Crippen LogP contribution in [0.3, 0.4) is 0 Å². The maximum absolute atomic E-state index is 6.13. The van der Waals surface area contributed by atoms with Crippen LogP contribution in [0.2, 0.25) is 5.15 Å². The molecule has 1 aromatic rings. The van der Waals surface area contributed by atoms with Gasteiger partial charge in [-0.1, -0.05) is 11.6 Å². The number of aryl methyl sites for hydroxylation is 2. The first-order chi connectivity index (χ1) is 7.06. The first kappa shape index (κ1) is 12.9. The molecule has 0 aliphatic rings. The Bertz CT molecular complexity index is 325. The van der Waals surface area contributed by atoms with Crippen LogP contribution in [-0.4, -0.2) is 27.8 Å². The van der Waals surface area contributed by atoms with Gasteiger partial charge in [-0.25, -0.2) is 0 Å². The van der Waals surface area contributed by atoms with Gasteiger partial charge in [0.05, 0.1) is 5.69 Å². The molecule has 86 valence electrons. The highest BCUT2D eigenvalue weighted by Gasteiger charge is 2.11. The average molecular weight is 248 g/mol. The molecule has 0 saturated carbocycles. The molecule has 0 radical (unpaired) electrons. The zero-order valence-corrected chi connectivity index (χ0v) is 11.2. The molecule has 0 fully saturated rings. The molecule has 1 heterocycles. The molecular formula is C10H18ClN3S. The third kappa shape index (κ3) is 3.40. The molecule has 1 unspecified atom stereocenters. The van der Waals surface area contributed by atoms with Gasteiger partial charge in [-0.05, 0) is 20.1 Å². The van der Waals surface area contributed by atoms with Gasteiger partial charge in [0.1, 0.15) is 5.15 Å². The van der Waals surface area contributed by atoms with Crippen LogP contribution in [0.5, 0.6) is 0 Å². The topological polar surface area (TPSA) is 29.9 Å². The number of nitrogens with zero attached hydrogens (tertiary/aromatic N) is 2. The minimum Gasteiger partial charge on any atom is -0.309 e. The fourth-order valence-electron chi connectivity index (χ4n) is 1.46. The number of hydrogen-bond donors (Lipinski definition) is 1. The van der Waals surface area contributed by atoms with Crippen molar-refractivity contribution in [1.82, 2.24) is 15.1 Å². The lowest BCUT2D eigenvalue weighted by molar-refractivity contribution is 0.594. The van der Waals surface area contributed by atoms with Crippen LogP contribution in [0.15, 0.2) is 0 Å². The normalized spacial score (nSPS) is 13.1. The fraction of sp³-hybridized carbons (Fsp3) is 0.700. The van der Waals surface area contributed by atoms with Crippen LogP contribution in [0.25, 0.3) is 0 Å². The second-order valence-electron chi connectivity index (χ2n) is 3.72. The van der Waals surface area contributed by atoms with Gasteiger partial charge in [0.2, 0.25) is 0 Å². The summed E-state index contributed by atoms with van der Waals surface area (Å²) in [7, 11) is 1.87. The van der Waals surface area contributed by atoms with Gasteiger partial charge >= 0.3 is 0 Å². The maximum atomic E-state index is 6.13. The Labute approximate surface area is 101 Å². The van der Waals surface area contributed by atoms with Gasteiger partial charge in [0.15, 0.2) is 0 Å². The van der Waals surface area contributed by atoms with Crippen LogP contribution >= 0.6 is 23.4 Å². The van der Waals surface area contributed by atoms with E-state index in [1.807, 2.05) is 25.7 Å². The molecule has 0 aromatic carbocycles. The molecule has 15 heavy (non-hydrogen) atoms. The van der Waals surface area contributed by atoms with Crippen LogP contribution in [0.1, 0.15) is 18.2 Å². The smallest absolute Gasteiger partial charge is 0.131 e. The summed E-state index contributed by atoms with van der Waals surface area (Å²) in [5.41, 5.74) is 2.11. The second-order valence-corrected chi connectivity index (χ2v) is 4.98. The van der Waals surface area contributed by atoms with Crippen molar-refractivity contribution in [2.75, 3.05) is 12.0 Å². The van der Waals surface area contributed by atoms with Crippen molar-refractivity contribution in [2.45, 2.75) is 26.4 Å². The molecule has 0 amide bonds. The first-order valence-electron chi connectivity index (χ1n) is 4.96. The Morgan fingerprint density at radius 1 is 1.60 bits per heavy atom. The summed E-state index contributed by atoms with van der Waals surface area (Å²) >= 11 is 7.97. The summed E-state index contributed by atoms with van der Waals surface area (Å²) < 4.78 is 1.72. The van der Waals surface area contributed by atoms with Crippen molar-refractivity contribution in [3.05, 3.63) is 16.4 Å². The number of halogens is 1. The summed E-state index contributed by atoms with van der Waals surface area (Å²) in [5, 5.41) is 8.44. The predicted octanol–water partition coefficient (Wildman–Crippen LogP) is 2.22. The van der Waals surface area contributed by atoms with E-state index in [0.29, 0.717) is 6.04 Å². The van der Waals surface area contributed by atoms with E-state index >= 15 is 0 Å². The monoisotopic (exact) mass is 247 g/mol. The zero-order chi connectivity index (χ0) is 11.4. The standard InChI is InChI=1S/C10H18ClN3S/c1-7(6-15-4)12-5-9-8(2)13-14(3)10(9)11/h7,12H,5-6H2,1-4H3. The maximum Gasteiger partial charge on any atom is 0.131 e. The Morgan fingerprint density at radius 2 is 2.27 bits per heavy atom. The molecule has 3 nitrogen and oxygen atoms in total. The Kier molecular flexibility index (Phi) is 4.96. The van der Waals surface area contributed by atoms with Gasteiger partial charge in [-0.3, -0.25) is 4.68 Å². The minimum absolute atomic E-state index is 0.496. The highest BCUT2D eigenvalue weighted by Crippen LogP contribution is 2.18. The van der Waals surface area contributed by atoms with Crippen molar-refractivity contribution in [3.63, 3.8) is 0 Å². The summed E-state index contributed by atoms with van der Waals surface area (Å²) in [5.74, 6) is 1.11. The molecule has 1 rings (SSSR count). The molecule has 1 N–H and O–H groups in total. The van der Waals surface area contributed by atoms with E-state index in [2.05, 4.69) is 23.6 Å². The fourth-order valence-corrected chi connectivity index (χ4v) is 2.32. The Morgan fingerprint density at radius 3 is 2.73 bits per heavy atom. The molecule has 5 heteroatoms. The van der Waals surface area contributed by atoms with Gasteiger partial charge in [-0.15, -0.1) is 0 Å². The zero-order valence-electron chi connectivity index (χ0n) is 9.67. The second kappa shape index (κ2) is 5.77. The van der Waals surface area contributed by atoms with E-state index in [1.54, 1.807) is 4.68 Å². The Balaban J connectivity index is 2.57. The number of nitrogens with one attached hydrogen (secondary N) is 1. The van der Waals surface area contributed by atoms with Crippen LogP contribution in [-0.2, 0) is 13.6 Å². The molecule has 0 aliphatic heterocycles. The molecule has 0 spiro atoms. The minimum atomic E-state index is 0.496. The summed E-state index contributed by atoms with van der Waals surface area (Å²) in [4.78, 5) is 0. The van der Waals surface area contributed by atoms with Gasteiger partial charge < -0.3 is 5.32 Å². The molecule has 0 saturated heterocycles. The van der Waals surface area contributed by atoms with Crippen LogP contribution < -0.4 is 5.32 Å². The number of thioether (sulfide) groups is 1. The lowest BCUT2D eigenvalue weighted by Crippen LogP contribution is -2.27. The van der Waals surface area contributed by atoms with Crippen LogP contribution in [0.4, 0.5) is 0 Å². The van der Waals surface area contributed by atoms with E-state index in [9.17, 15) is 0 Å². The van der Waals surface area contributed by atoms with E-state index in [0.717, 1.165) is 28.7 Å². The molecule has 0 bridgehead atoms. The highest BCUT2D eigenvalue weighted by atomic mass is 35.5. The van der Waals surface area contributed by atoms with E-state index in [1.165, 1.54) is 0 Å². The quantitative estimate of drug-likeness (QED) is 0.866. The van der Waals surface area contributed by atoms with Gasteiger partial charge in [-0.2, -0.15) is 16.9 Å². The lowest BCUT2D eigenvalue weighted by atomic mass is 10.2. The summed E-state index contributed by atoms with van der Waals surface area (Å²) in [6, 6.07) is 0.496. The van der Waals surface area contributed by atoms with Crippen molar-refractivity contribution < 1.29 is 0 Å². The molecule has 1 atom stereocenters. The molecule has 0 aliphatic carbocycles. The van der Waals surface area contributed by atoms with E-state index in [-0.39, 0.29) is 0 Å². The highest BCUT2D eigenvalue weighted by molar-refractivity contribution is 7.98. The molecular weight excluding hydrogens is 230 g/mol. The third-order valence-electron chi connectivity index (χ3n) is 2.31. The van der Waals surface area contributed by atoms with Crippen molar-refractivity contribution in [3.8, 4) is 0 Å². The lowest BCUT2D eigenvalue weighted by Gasteiger charge is -2.11.